The Morgan fingerprint density at radius 2 is 1.93 bits per heavy atom. The van der Waals surface area contributed by atoms with Crippen LogP contribution in [0.5, 0.6) is 0 Å². The maximum Gasteiger partial charge on any atom is 1.00 e. The summed E-state index contributed by atoms with van der Waals surface area (Å²) in [7, 11) is 0. The van der Waals surface area contributed by atoms with Crippen molar-refractivity contribution in [3.8, 4) is 0 Å². The second-order valence-corrected chi connectivity index (χ2v) is 10.7. The van der Waals surface area contributed by atoms with Crippen LogP contribution >= 0.6 is 0 Å². The van der Waals surface area contributed by atoms with Gasteiger partial charge >= 0.3 is 51.4 Å². The van der Waals surface area contributed by atoms with Gasteiger partial charge in [0.25, 0.3) is 0 Å². The number of hydrogen-bond donors (Lipinski definition) is 1. The largest absolute Gasteiger partial charge is 1.00 e. The molecule has 0 aliphatic heterocycles. The summed E-state index contributed by atoms with van der Waals surface area (Å²) in [4.78, 5) is 23.1. The molecule has 0 aromatic heterocycles. The van der Waals surface area contributed by atoms with Crippen molar-refractivity contribution in [3.63, 3.8) is 0 Å². The Labute approximate surface area is 210 Å². The molecule has 0 bridgehead atoms. The summed E-state index contributed by atoms with van der Waals surface area (Å²) in [6.07, 6.45) is 8.93. The van der Waals surface area contributed by atoms with Gasteiger partial charge in [-0.25, -0.2) is 0 Å². The molecule has 5 aliphatic carbocycles. The number of carboxylic acids is 1. The first-order chi connectivity index (χ1) is 12.7. The van der Waals surface area contributed by atoms with Crippen LogP contribution in [0, 0.1) is 40.4 Å². The van der Waals surface area contributed by atoms with E-state index in [-0.39, 0.29) is 68.6 Å². The molecule has 0 amide bonds. The Kier molecular flexibility index (Phi) is 5.42. The molecule has 4 saturated carbocycles. The van der Waals surface area contributed by atoms with Crippen molar-refractivity contribution in [2.24, 2.45) is 40.4 Å². The average Bonchev–Trinajstić information content (AvgIpc) is 3.35. The molecule has 5 aliphatic rings. The number of carbonyl (C=O) groups excluding carboxylic acids is 2. The maximum absolute atomic E-state index is 12.1. The minimum Gasteiger partial charge on any atom is -0.550 e. The van der Waals surface area contributed by atoms with Crippen molar-refractivity contribution in [1.82, 2.24) is 0 Å². The molecule has 4 nitrogen and oxygen atoms in total. The SMILES string of the molecule is C[C@]12CCC(=O)C=C1[C@H]1C[C@H]1C1C2CC[C@@]2(C)C1CC[C@@]2(O)CCC(=O)[O-].[K+]. The summed E-state index contributed by atoms with van der Waals surface area (Å²) < 4.78 is 0. The number of rotatable bonds is 3. The number of fused-ring (bicyclic) bond motifs is 8. The Hall–Kier alpha value is 0.476. The Bertz CT molecular complexity index is 747. The number of ketones is 1. The first-order valence-corrected chi connectivity index (χ1v) is 10.9. The summed E-state index contributed by atoms with van der Waals surface area (Å²) in [6.45, 7) is 4.63. The monoisotopic (exact) mass is 410 g/mol. The standard InChI is InChI=1S/C23H32O4.K/c1-21-7-3-13(24)11-18(21)14-12-15(14)20-16(21)4-8-22(2)17(20)5-9-23(22,27)10-6-19(25)26;/h11,14-17,20,27H,3-10,12H2,1-2H3,(H,25,26);/q;+1/p-1/t14-,15+,16?,17?,20?,21+,22-,23+;/m0./s1. The minimum absolute atomic E-state index is 0. The van der Waals surface area contributed by atoms with Gasteiger partial charge in [0.1, 0.15) is 0 Å². The first kappa shape index (κ1) is 21.7. The smallest absolute Gasteiger partial charge is 0.550 e. The van der Waals surface area contributed by atoms with E-state index in [1.807, 2.05) is 6.08 Å². The second kappa shape index (κ2) is 6.99. The van der Waals surface area contributed by atoms with Crippen LogP contribution in [-0.2, 0) is 9.59 Å². The molecule has 148 valence electrons. The fourth-order valence-electron chi connectivity index (χ4n) is 8.23. The average molecular weight is 411 g/mol. The minimum atomic E-state index is -1.06. The number of carboxylic acid groups (broad SMARTS) is 1. The third kappa shape index (κ3) is 2.86. The molecule has 3 unspecified atom stereocenters. The topological polar surface area (TPSA) is 77.4 Å². The third-order valence-corrected chi connectivity index (χ3v) is 9.82. The second-order valence-electron chi connectivity index (χ2n) is 10.7. The zero-order valence-corrected chi connectivity index (χ0v) is 20.6. The van der Waals surface area contributed by atoms with Gasteiger partial charge in [-0.2, -0.15) is 0 Å². The molecule has 0 heterocycles. The fourth-order valence-corrected chi connectivity index (χ4v) is 8.23. The van der Waals surface area contributed by atoms with Gasteiger partial charge in [-0.3, -0.25) is 4.79 Å². The van der Waals surface area contributed by atoms with Crippen LogP contribution in [0.3, 0.4) is 0 Å². The quantitative estimate of drug-likeness (QED) is 0.645. The third-order valence-electron chi connectivity index (χ3n) is 9.82. The predicted molar refractivity (Wildman–Crippen MR) is 98.3 cm³/mol. The molecule has 8 atom stereocenters. The van der Waals surface area contributed by atoms with Gasteiger partial charge in [0.2, 0.25) is 0 Å². The van der Waals surface area contributed by atoms with Crippen molar-refractivity contribution >= 4 is 11.8 Å². The van der Waals surface area contributed by atoms with Gasteiger partial charge in [-0.1, -0.05) is 19.4 Å². The number of hydrogen-bond acceptors (Lipinski definition) is 4. The van der Waals surface area contributed by atoms with Crippen LogP contribution in [0.15, 0.2) is 11.6 Å². The molecule has 0 spiro atoms. The van der Waals surface area contributed by atoms with Gasteiger partial charge in [0.05, 0.1) is 5.60 Å². The fraction of sp³-hybridized carbons (Fsp3) is 0.826. The van der Waals surface area contributed by atoms with Crippen molar-refractivity contribution in [2.75, 3.05) is 0 Å². The molecule has 5 rings (SSSR count). The summed E-state index contributed by atoms with van der Waals surface area (Å²) in [5, 5.41) is 22.5. The summed E-state index contributed by atoms with van der Waals surface area (Å²) in [5.41, 5.74) is 0.549. The van der Waals surface area contributed by atoms with E-state index in [0.29, 0.717) is 48.2 Å². The van der Waals surface area contributed by atoms with Gasteiger partial charge < -0.3 is 15.0 Å². The van der Waals surface area contributed by atoms with E-state index in [1.165, 1.54) is 12.0 Å². The molecule has 0 aromatic carbocycles. The van der Waals surface area contributed by atoms with E-state index >= 15 is 0 Å². The van der Waals surface area contributed by atoms with Crippen LogP contribution in [0.25, 0.3) is 0 Å². The molecule has 1 N–H and O–H groups in total. The van der Waals surface area contributed by atoms with Crippen LogP contribution in [-0.4, -0.2) is 22.5 Å². The van der Waals surface area contributed by atoms with E-state index in [0.717, 1.165) is 32.1 Å². The normalized spacial score (nSPS) is 51.0. The van der Waals surface area contributed by atoms with Gasteiger partial charge in [-0.05, 0) is 97.9 Å². The molecule has 0 radical (unpaired) electrons. The van der Waals surface area contributed by atoms with Crippen LogP contribution in [0.4, 0.5) is 0 Å². The molecule has 4 fully saturated rings. The van der Waals surface area contributed by atoms with Crippen LogP contribution < -0.4 is 56.5 Å². The van der Waals surface area contributed by atoms with Gasteiger partial charge in [0, 0.05) is 12.4 Å². The molecule has 5 heteroatoms. The van der Waals surface area contributed by atoms with Crippen LogP contribution in [0.1, 0.15) is 71.6 Å². The van der Waals surface area contributed by atoms with E-state index in [1.54, 1.807) is 0 Å². The maximum atomic E-state index is 12.1. The summed E-state index contributed by atoms with van der Waals surface area (Å²) in [6, 6.07) is 0. The number of carbonyl (C=O) groups is 2. The first-order valence-electron chi connectivity index (χ1n) is 10.9. The number of aliphatic hydroxyl groups is 1. The molecular weight excluding hydrogens is 379 g/mol. The number of aliphatic carboxylic acids is 1. The van der Waals surface area contributed by atoms with Gasteiger partial charge in [-0.15, -0.1) is 0 Å². The Balaban J connectivity index is 0.00000192. The van der Waals surface area contributed by atoms with Crippen molar-refractivity contribution in [2.45, 2.75) is 77.2 Å². The summed E-state index contributed by atoms with van der Waals surface area (Å²) >= 11 is 0. The number of allylic oxidation sites excluding steroid dienone is 1. The van der Waals surface area contributed by atoms with Crippen molar-refractivity contribution in [3.05, 3.63) is 11.6 Å². The molecular formula is C23H31KO4. The summed E-state index contributed by atoms with van der Waals surface area (Å²) in [5.74, 6) is 2.23. The zero-order valence-electron chi connectivity index (χ0n) is 17.5. The van der Waals surface area contributed by atoms with Crippen LogP contribution in [0.2, 0.25) is 0 Å². The zero-order chi connectivity index (χ0) is 19.2. The molecule has 0 aromatic rings. The molecule has 28 heavy (non-hydrogen) atoms. The van der Waals surface area contributed by atoms with E-state index < -0.39 is 11.6 Å². The van der Waals surface area contributed by atoms with E-state index in [4.69, 9.17) is 0 Å². The van der Waals surface area contributed by atoms with E-state index in [9.17, 15) is 19.8 Å². The van der Waals surface area contributed by atoms with Crippen molar-refractivity contribution in [1.29, 1.82) is 0 Å². The van der Waals surface area contributed by atoms with Crippen molar-refractivity contribution < 1.29 is 71.2 Å². The molecule has 0 saturated heterocycles. The van der Waals surface area contributed by atoms with Gasteiger partial charge in [0.15, 0.2) is 5.78 Å². The predicted octanol–water partition coefficient (Wildman–Crippen LogP) is -0.361. The van der Waals surface area contributed by atoms with E-state index in [2.05, 4.69) is 13.8 Å². The Morgan fingerprint density at radius 3 is 2.64 bits per heavy atom. The Morgan fingerprint density at radius 1 is 1.21 bits per heavy atom.